The van der Waals surface area contributed by atoms with Gasteiger partial charge in [-0.2, -0.15) is 0 Å². The van der Waals surface area contributed by atoms with Crippen molar-refractivity contribution in [1.29, 1.82) is 0 Å². The van der Waals surface area contributed by atoms with Crippen LogP contribution < -0.4 is 0 Å². The van der Waals surface area contributed by atoms with E-state index in [4.69, 9.17) is 4.74 Å². The highest BCUT2D eigenvalue weighted by atomic mass is 16.5. The Morgan fingerprint density at radius 2 is 2.00 bits per heavy atom. The Labute approximate surface area is 153 Å². The van der Waals surface area contributed by atoms with Gasteiger partial charge in [-0.25, -0.2) is 4.98 Å². The molecule has 0 aliphatic carbocycles. The van der Waals surface area contributed by atoms with Gasteiger partial charge in [-0.05, 0) is 49.6 Å². The highest BCUT2D eigenvalue weighted by Crippen LogP contribution is 2.25. The van der Waals surface area contributed by atoms with E-state index >= 15 is 0 Å². The maximum Gasteiger partial charge on any atom is 0.251 e. The number of likely N-dealkylation sites (N-methyl/N-ethyl adjacent to an activating group) is 1. The molecule has 134 valence electrons. The summed E-state index contributed by atoms with van der Waals surface area (Å²) in [5, 5.41) is 0. The van der Waals surface area contributed by atoms with Gasteiger partial charge in [-0.3, -0.25) is 9.36 Å². The number of aromatic nitrogens is 2. The fourth-order valence-corrected chi connectivity index (χ4v) is 3.49. The van der Waals surface area contributed by atoms with E-state index in [0.29, 0.717) is 6.61 Å². The van der Waals surface area contributed by atoms with Crippen LogP contribution in [0.15, 0.2) is 54.9 Å². The number of carbonyl (C=O) groups excluding carboxylic acids is 1. The van der Waals surface area contributed by atoms with E-state index in [0.717, 1.165) is 35.1 Å². The molecule has 2 heterocycles. The van der Waals surface area contributed by atoms with Crippen LogP contribution in [-0.2, 0) is 9.53 Å². The Bertz CT molecular complexity index is 910. The predicted octanol–water partition coefficient (Wildman–Crippen LogP) is 3.72. The van der Waals surface area contributed by atoms with E-state index in [1.54, 1.807) is 4.90 Å². The highest BCUT2D eigenvalue weighted by molar-refractivity contribution is 5.81. The lowest BCUT2D eigenvalue weighted by molar-refractivity contribution is -0.141. The monoisotopic (exact) mass is 349 g/mol. The molecule has 5 heteroatoms. The molecule has 0 bridgehead atoms. The average molecular weight is 349 g/mol. The fourth-order valence-electron chi connectivity index (χ4n) is 3.49. The largest absolute Gasteiger partial charge is 0.368 e. The van der Waals surface area contributed by atoms with Gasteiger partial charge in [0.15, 0.2) is 0 Å². The summed E-state index contributed by atoms with van der Waals surface area (Å²) in [5.41, 5.74) is 4.22. The minimum Gasteiger partial charge on any atom is -0.368 e. The summed E-state index contributed by atoms with van der Waals surface area (Å²) in [4.78, 5) is 18.8. The van der Waals surface area contributed by atoms with Gasteiger partial charge in [0.05, 0.1) is 17.1 Å². The van der Waals surface area contributed by atoms with Crippen molar-refractivity contribution in [3.8, 4) is 5.69 Å². The van der Waals surface area contributed by atoms with E-state index in [-0.39, 0.29) is 18.1 Å². The number of fused-ring (bicyclic) bond motifs is 1. The molecule has 0 N–H and O–H groups in total. The van der Waals surface area contributed by atoms with Crippen LogP contribution in [0.25, 0.3) is 16.7 Å². The zero-order valence-electron chi connectivity index (χ0n) is 15.1. The standard InChI is InChI=1S/C21H23N3O2/c1-15(23(2)21(25)20-8-5-13-26-20)16-9-11-17(12-10-16)24-14-22-18-6-3-4-7-19(18)24/h3-4,6-7,9-12,14-15,20H,5,8,13H2,1-2H3/t15-,20+/m0/s1. The van der Waals surface area contributed by atoms with Gasteiger partial charge >= 0.3 is 0 Å². The lowest BCUT2D eigenvalue weighted by Gasteiger charge is -2.27. The number of carbonyl (C=O) groups is 1. The second-order valence-electron chi connectivity index (χ2n) is 6.82. The molecule has 1 aliphatic heterocycles. The first-order chi connectivity index (χ1) is 12.6. The molecule has 1 aromatic heterocycles. The summed E-state index contributed by atoms with van der Waals surface area (Å²) < 4.78 is 7.60. The molecule has 1 amide bonds. The fraction of sp³-hybridized carbons (Fsp3) is 0.333. The molecule has 1 fully saturated rings. The molecular weight excluding hydrogens is 326 g/mol. The Kier molecular flexibility index (Phi) is 4.47. The molecule has 1 saturated heterocycles. The number of ether oxygens (including phenoxy) is 1. The molecule has 2 atom stereocenters. The van der Waals surface area contributed by atoms with Crippen molar-refractivity contribution in [3.05, 3.63) is 60.4 Å². The number of hydrogen-bond acceptors (Lipinski definition) is 3. The van der Waals surface area contributed by atoms with Crippen molar-refractivity contribution in [1.82, 2.24) is 14.5 Å². The van der Waals surface area contributed by atoms with Crippen LogP contribution in [0, 0.1) is 0 Å². The molecule has 5 nitrogen and oxygen atoms in total. The summed E-state index contributed by atoms with van der Waals surface area (Å²) >= 11 is 0. The van der Waals surface area contributed by atoms with Gasteiger partial charge in [-0.15, -0.1) is 0 Å². The average Bonchev–Trinajstić information content (AvgIpc) is 3.36. The molecule has 0 saturated carbocycles. The minimum absolute atomic E-state index is 0.000261. The van der Waals surface area contributed by atoms with Crippen LogP contribution in [-0.4, -0.2) is 40.1 Å². The van der Waals surface area contributed by atoms with E-state index in [9.17, 15) is 4.79 Å². The van der Waals surface area contributed by atoms with Crippen LogP contribution in [0.2, 0.25) is 0 Å². The van der Waals surface area contributed by atoms with E-state index in [1.165, 1.54) is 0 Å². The Balaban J connectivity index is 1.54. The molecule has 4 rings (SSSR count). The van der Waals surface area contributed by atoms with Crippen molar-refractivity contribution >= 4 is 16.9 Å². The zero-order chi connectivity index (χ0) is 18.1. The molecule has 3 aromatic rings. The van der Waals surface area contributed by atoms with Gasteiger partial charge in [0.2, 0.25) is 0 Å². The number of imidazole rings is 1. The van der Waals surface area contributed by atoms with E-state index < -0.39 is 0 Å². The number of rotatable bonds is 4. The number of para-hydroxylation sites is 2. The Hall–Kier alpha value is -2.66. The number of hydrogen-bond donors (Lipinski definition) is 0. The van der Waals surface area contributed by atoms with E-state index in [2.05, 4.69) is 46.8 Å². The van der Waals surface area contributed by atoms with Gasteiger partial charge < -0.3 is 9.64 Å². The van der Waals surface area contributed by atoms with Crippen molar-refractivity contribution in [3.63, 3.8) is 0 Å². The quantitative estimate of drug-likeness (QED) is 0.721. The van der Waals surface area contributed by atoms with Gasteiger partial charge in [0, 0.05) is 19.3 Å². The second kappa shape index (κ2) is 6.92. The third kappa shape index (κ3) is 2.99. The third-order valence-electron chi connectivity index (χ3n) is 5.24. The van der Waals surface area contributed by atoms with Gasteiger partial charge in [-0.1, -0.05) is 24.3 Å². The zero-order valence-corrected chi connectivity index (χ0v) is 15.1. The summed E-state index contributed by atoms with van der Waals surface area (Å²) in [7, 11) is 1.85. The smallest absolute Gasteiger partial charge is 0.251 e. The molecule has 1 aliphatic rings. The molecule has 0 unspecified atom stereocenters. The highest BCUT2D eigenvalue weighted by Gasteiger charge is 2.29. The minimum atomic E-state index is -0.279. The number of nitrogens with zero attached hydrogens (tertiary/aromatic N) is 3. The van der Waals surface area contributed by atoms with Crippen LogP contribution in [0.3, 0.4) is 0 Å². The molecule has 0 spiro atoms. The second-order valence-corrected chi connectivity index (χ2v) is 6.82. The summed E-state index contributed by atoms with van der Waals surface area (Å²) in [6.45, 7) is 2.74. The van der Waals surface area contributed by atoms with E-state index in [1.807, 2.05) is 31.6 Å². The summed E-state index contributed by atoms with van der Waals surface area (Å²) in [5.74, 6) is 0.0691. The first kappa shape index (κ1) is 16.8. The number of amides is 1. The Morgan fingerprint density at radius 3 is 2.73 bits per heavy atom. The third-order valence-corrected chi connectivity index (χ3v) is 5.24. The normalized spacial score (nSPS) is 18.2. The van der Waals surface area contributed by atoms with Crippen molar-refractivity contribution in [2.75, 3.05) is 13.7 Å². The first-order valence-electron chi connectivity index (χ1n) is 9.06. The summed E-state index contributed by atoms with van der Waals surface area (Å²) in [6, 6.07) is 16.4. The van der Waals surface area contributed by atoms with Crippen LogP contribution in [0.1, 0.15) is 31.4 Å². The predicted molar refractivity (Wildman–Crippen MR) is 101 cm³/mol. The maximum absolute atomic E-state index is 12.5. The first-order valence-corrected chi connectivity index (χ1v) is 9.06. The molecule has 2 aromatic carbocycles. The van der Waals surface area contributed by atoms with Crippen molar-refractivity contribution in [2.45, 2.75) is 31.9 Å². The Morgan fingerprint density at radius 1 is 1.23 bits per heavy atom. The van der Waals surface area contributed by atoms with Crippen molar-refractivity contribution < 1.29 is 9.53 Å². The van der Waals surface area contributed by atoms with Gasteiger partial charge in [0.25, 0.3) is 5.91 Å². The molecule has 0 radical (unpaired) electrons. The van der Waals surface area contributed by atoms with Crippen LogP contribution in [0.4, 0.5) is 0 Å². The number of benzene rings is 2. The molecular formula is C21H23N3O2. The van der Waals surface area contributed by atoms with Gasteiger partial charge in [0.1, 0.15) is 12.4 Å². The van der Waals surface area contributed by atoms with Crippen molar-refractivity contribution in [2.24, 2.45) is 0 Å². The molecule has 26 heavy (non-hydrogen) atoms. The summed E-state index contributed by atoms with van der Waals surface area (Å²) in [6.07, 6.45) is 3.35. The lowest BCUT2D eigenvalue weighted by atomic mass is 10.1. The topological polar surface area (TPSA) is 47.4 Å². The van der Waals surface area contributed by atoms with Crippen LogP contribution >= 0.6 is 0 Å². The SMILES string of the molecule is C[C@@H](c1ccc(-n2cnc3ccccc32)cc1)N(C)C(=O)[C@H]1CCCO1. The van der Waals surface area contributed by atoms with Crippen LogP contribution in [0.5, 0.6) is 0 Å². The lowest BCUT2D eigenvalue weighted by Crippen LogP contribution is -2.37. The maximum atomic E-state index is 12.5.